The molecular weight excluding hydrogens is 344 g/mol. The summed E-state index contributed by atoms with van der Waals surface area (Å²) in [5, 5.41) is 12.0. The van der Waals surface area contributed by atoms with Crippen molar-refractivity contribution < 1.29 is 4.79 Å². The van der Waals surface area contributed by atoms with Crippen molar-refractivity contribution in [3.63, 3.8) is 0 Å². The Morgan fingerprint density at radius 1 is 1.12 bits per heavy atom. The lowest BCUT2D eigenvalue weighted by atomic mass is 10.1. The Morgan fingerprint density at radius 2 is 1.88 bits per heavy atom. The Bertz CT molecular complexity index is 935. The lowest BCUT2D eigenvalue weighted by molar-refractivity contribution is -0.115. The quantitative estimate of drug-likeness (QED) is 0.687. The molecule has 134 valence electrons. The molecule has 0 saturated heterocycles. The van der Waals surface area contributed by atoms with E-state index in [1.807, 2.05) is 67.9 Å². The molecule has 6 heteroatoms. The fraction of sp³-hybridized carbons (Fsp3) is 0.250. The SMILES string of the molecule is Cc1cccc(NC(=O)[C@@H](C)Sc2nnc(-c3ccccc3C)n2C)c1. The first kappa shape index (κ1) is 18.2. The highest BCUT2D eigenvalue weighted by atomic mass is 32.2. The van der Waals surface area contributed by atoms with E-state index in [1.54, 1.807) is 0 Å². The molecule has 0 aliphatic rings. The zero-order chi connectivity index (χ0) is 18.7. The van der Waals surface area contributed by atoms with Crippen LogP contribution in [0.5, 0.6) is 0 Å². The number of aryl methyl sites for hydroxylation is 2. The molecule has 5 nitrogen and oxygen atoms in total. The maximum atomic E-state index is 12.5. The van der Waals surface area contributed by atoms with Gasteiger partial charge in [0.25, 0.3) is 0 Å². The molecule has 0 radical (unpaired) electrons. The highest BCUT2D eigenvalue weighted by molar-refractivity contribution is 8.00. The number of hydrogen-bond donors (Lipinski definition) is 1. The van der Waals surface area contributed by atoms with E-state index in [4.69, 9.17) is 0 Å². The standard InChI is InChI=1S/C20H22N4OS/c1-13-8-7-10-16(12-13)21-19(25)15(3)26-20-23-22-18(24(20)4)17-11-6-5-9-14(17)2/h5-12,15H,1-4H3,(H,21,25)/t15-/m1/s1. The summed E-state index contributed by atoms with van der Waals surface area (Å²) in [6.45, 7) is 5.92. The van der Waals surface area contributed by atoms with Crippen LogP contribution in [-0.2, 0) is 11.8 Å². The number of aromatic nitrogens is 3. The van der Waals surface area contributed by atoms with E-state index in [9.17, 15) is 4.79 Å². The predicted octanol–water partition coefficient (Wildman–Crippen LogP) is 4.22. The van der Waals surface area contributed by atoms with Crippen LogP contribution in [0.4, 0.5) is 5.69 Å². The average Bonchev–Trinajstić information content (AvgIpc) is 2.96. The van der Waals surface area contributed by atoms with E-state index in [1.165, 1.54) is 11.8 Å². The van der Waals surface area contributed by atoms with Crippen LogP contribution < -0.4 is 5.32 Å². The molecule has 1 heterocycles. The number of rotatable bonds is 5. The van der Waals surface area contributed by atoms with E-state index < -0.39 is 0 Å². The molecule has 1 amide bonds. The first-order chi connectivity index (χ1) is 12.5. The molecule has 2 aromatic carbocycles. The van der Waals surface area contributed by atoms with Gasteiger partial charge in [-0.05, 0) is 44.0 Å². The second kappa shape index (κ2) is 7.74. The predicted molar refractivity (Wildman–Crippen MR) is 106 cm³/mol. The number of carbonyl (C=O) groups excluding carboxylic acids is 1. The van der Waals surface area contributed by atoms with Gasteiger partial charge in [0.05, 0.1) is 5.25 Å². The Labute approximate surface area is 157 Å². The second-order valence-electron chi connectivity index (χ2n) is 6.30. The number of nitrogens with one attached hydrogen (secondary N) is 1. The van der Waals surface area contributed by atoms with Crippen molar-refractivity contribution in [1.29, 1.82) is 0 Å². The summed E-state index contributed by atoms with van der Waals surface area (Å²) in [7, 11) is 1.93. The Balaban J connectivity index is 1.73. The average molecular weight is 366 g/mol. The van der Waals surface area contributed by atoms with Crippen LogP contribution in [0.15, 0.2) is 53.7 Å². The summed E-state index contributed by atoms with van der Waals surface area (Å²) in [5.74, 6) is 0.748. The summed E-state index contributed by atoms with van der Waals surface area (Å²) < 4.78 is 1.93. The summed E-state index contributed by atoms with van der Waals surface area (Å²) in [6.07, 6.45) is 0. The van der Waals surface area contributed by atoms with Gasteiger partial charge >= 0.3 is 0 Å². The minimum Gasteiger partial charge on any atom is -0.325 e. The highest BCUT2D eigenvalue weighted by Crippen LogP contribution is 2.27. The van der Waals surface area contributed by atoms with Gasteiger partial charge in [-0.25, -0.2) is 0 Å². The lowest BCUT2D eigenvalue weighted by Gasteiger charge is -2.12. The molecular formula is C20H22N4OS. The van der Waals surface area contributed by atoms with Gasteiger partial charge in [0.1, 0.15) is 0 Å². The first-order valence-corrected chi connectivity index (χ1v) is 9.33. The van der Waals surface area contributed by atoms with Crippen molar-refractivity contribution >= 4 is 23.4 Å². The number of hydrogen-bond acceptors (Lipinski definition) is 4. The highest BCUT2D eigenvalue weighted by Gasteiger charge is 2.20. The monoisotopic (exact) mass is 366 g/mol. The Morgan fingerprint density at radius 3 is 2.62 bits per heavy atom. The molecule has 1 atom stereocenters. The molecule has 1 N–H and O–H groups in total. The van der Waals surface area contributed by atoms with Gasteiger partial charge in [0.2, 0.25) is 5.91 Å². The molecule has 26 heavy (non-hydrogen) atoms. The van der Waals surface area contributed by atoms with Gasteiger partial charge in [-0.3, -0.25) is 4.79 Å². The van der Waals surface area contributed by atoms with Crippen LogP contribution >= 0.6 is 11.8 Å². The van der Waals surface area contributed by atoms with Crippen molar-refractivity contribution in [1.82, 2.24) is 14.8 Å². The van der Waals surface area contributed by atoms with Crippen molar-refractivity contribution in [2.75, 3.05) is 5.32 Å². The molecule has 0 aliphatic heterocycles. The van der Waals surface area contributed by atoms with Crippen LogP contribution in [0.1, 0.15) is 18.1 Å². The number of anilines is 1. The van der Waals surface area contributed by atoms with Crippen molar-refractivity contribution in [3.05, 3.63) is 59.7 Å². The van der Waals surface area contributed by atoms with E-state index in [0.29, 0.717) is 0 Å². The third-order valence-corrected chi connectivity index (χ3v) is 5.29. The number of nitrogens with zero attached hydrogens (tertiary/aromatic N) is 3. The summed E-state index contributed by atoms with van der Waals surface area (Å²) in [6, 6.07) is 15.8. The molecule has 0 bridgehead atoms. The minimum absolute atomic E-state index is 0.0546. The van der Waals surface area contributed by atoms with Gasteiger partial charge in [-0.15, -0.1) is 10.2 Å². The number of thioether (sulfide) groups is 1. The largest absolute Gasteiger partial charge is 0.325 e. The summed E-state index contributed by atoms with van der Waals surface area (Å²) in [5.41, 5.74) is 4.11. The lowest BCUT2D eigenvalue weighted by Crippen LogP contribution is -2.22. The molecule has 0 saturated carbocycles. The van der Waals surface area contributed by atoms with E-state index in [0.717, 1.165) is 33.4 Å². The van der Waals surface area contributed by atoms with Crippen LogP contribution in [0.2, 0.25) is 0 Å². The Hall–Kier alpha value is -2.60. The van der Waals surface area contributed by atoms with Crippen molar-refractivity contribution in [3.8, 4) is 11.4 Å². The fourth-order valence-electron chi connectivity index (χ4n) is 2.65. The number of carbonyl (C=O) groups is 1. The normalized spacial score (nSPS) is 12.0. The minimum atomic E-state index is -0.289. The van der Waals surface area contributed by atoms with E-state index >= 15 is 0 Å². The van der Waals surface area contributed by atoms with Crippen molar-refractivity contribution in [2.24, 2.45) is 7.05 Å². The molecule has 3 aromatic rings. The van der Waals surface area contributed by atoms with Gasteiger partial charge in [0.15, 0.2) is 11.0 Å². The maximum Gasteiger partial charge on any atom is 0.237 e. The third-order valence-electron chi connectivity index (χ3n) is 4.16. The summed E-state index contributed by atoms with van der Waals surface area (Å²) >= 11 is 1.40. The van der Waals surface area contributed by atoms with Crippen LogP contribution in [0, 0.1) is 13.8 Å². The number of benzene rings is 2. The summed E-state index contributed by atoms with van der Waals surface area (Å²) in [4.78, 5) is 12.5. The van der Waals surface area contributed by atoms with E-state index in [2.05, 4.69) is 28.5 Å². The van der Waals surface area contributed by atoms with Crippen LogP contribution in [0.25, 0.3) is 11.4 Å². The maximum absolute atomic E-state index is 12.5. The van der Waals surface area contributed by atoms with Crippen LogP contribution in [0.3, 0.4) is 0 Å². The topological polar surface area (TPSA) is 59.8 Å². The zero-order valence-corrected chi connectivity index (χ0v) is 16.2. The Kier molecular flexibility index (Phi) is 5.42. The van der Waals surface area contributed by atoms with Gasteiger partial charge < -0.3 is 9.88 Å². The molecule has 0 unspecified atom stereocenters. The molecule has 0 spiro atoms. The van der Waals surface area contributed by atoms with E-state index in [-0.39, 0.29) is 11.2 Å². The molecule has 0 aliphatic carbocycles. The van der Waals surface area contributed by atoms with Gasteiger partial charge in [0, 0.05) is 18.3 Å². The third kappa shape index (κ3) is 3.96. The molecule has 0 fully saturated rings. The van der Waals surface area contributed by atoms with Crippen LogP contribution in [-0.4, -0.2) is 25.9 Å². The fourth-order valence-corrected chi connectivity index (χ4v) is 3.47. The molecule has 1 aromatic heterocycles. The second-order valence-corrected chi connectivity index (χ2v) is 7.61. The number of amides is 1. The first-order valence-electron chi connectivity index (χ1n) is 8.45. The van der Waals surface area contributed by atoms with Gasteiger partial charge in [-0.2, -0.15) is 0 Å². The van der Waals surface area contributed by atoms with Crippen molar-refractivity contribution in [2.45, 2.75) is 31.2 Å². The van der Waals surface area contributed by atoms with Gasteiger partial charge in [-0.1, -0.05) is 48.2 Å². The smallest absolute Gasteiger partial charge is 0.237 e. The molecule has 3 rings (SSSR count). The zero-order valence-electron chi connectivity index (χ0n) is 15.4.